The van der Waals surface area contributed by atoms with Crippen molar-refractivity contribution < 1.29 is 9.90 Å². The molecule has 0 aromatic heterocycles. The van der Waals surface area contributed by atoms with E-state index in [9.17, 15) is 4.79 Å². The second-order valence-corrected chi connectivity index (χ2v) is 3.73. The number of hydrogen-bond donors (Lipinski definition) is 2. The summed E-state index contributed by atoms with van der Waals surface area (Å²) in [7, 11) is 0. The zero-order valence-corrected chi connectivity index (χ0v) is 9.34. The fraction of sp³-hybridized carbons (Fsp3) is 0.364. The van der Waals surface area contributed by atoms with Gasteiger partial charge in [0, 0.05) is 23.7 Å². The van der Waals surface area contributed by atoms with Crippen LogP contribution in [0.4, 0.5) is 0 Å². The number of benzene rings is 1. The minimum atomic E-state index is -0.127. The Morgan fingerprint density at radius 1 is 1.53 bits per heavy atom. The largest absolute Gasteiger partial charge is 0.396 e. The van der Waals surface area contributed by atoms with Crippen LogP contribution in [0.3, 0.4) is 0 Å². The van der Waals surface area contributed by atoms with Gasteiger partial charge in [-0.2, -0.15) is 0 Å². The van der Waals surface area contributed by atoms with Crippen LogP contribution in [0.5, 0.6) is 0 Å². The molecule has 0 bridgehead atoms. The maximum absolute atomic E-state index is 11.6. The molecule has 4 heteroatoms. The van der Waals surface area contributed by atoms with Crippen molar-refractivity contribution in [2.75, 3.05) is 13.2 Å². The van der Waals surface area contributed by atoms with Crippen molar-refractivity contribution in [1.82, 2.24) is 5.32 Å². The highest BCUT2D eigenvalue weighted by Crippen LogP contribution is 2.14. The van der Waals surface area contributed by atoms with Crippen molar-refractivity contribution in [3.63, 3.8) is 0 Å². The monoisotopic (exact) mass is 227 g/mol. The molecule has 0 aliphatic rings. The van der Waals surface area contributed by atoms with Gasteiger partial charge >= 0.3 is 0 Å². The van der Waals surface area contributed by atoms with Gasteiger partial charge in [0.15, 0.2) is 0 Å². The number of aryl methyl sites for hydroxylation is 1. The molecule has 3 nitrogen and oxygen atoms in total. The van der Waals surface area contributed by atoms with Gasteiger partial charge in [-0.25, -0.2) is 0 Å². The third-order valence-corrected chi connectivity index (χ3v) is 2.29. The minimum absolute atomic E-state index is 0.0832. The molecule has 1 aromatic carbocycles. The number of rotatable bonds is 4. The summed E-state index contributed by atoms with van der Waals surface area (Å²) in [4.78, 5) is 11.6. The Balaban J connectivity index is 2.65. The van der Waals surface area contributed by atoms with Crippen molar-refractivity contribution in [3.05, 3.63) is 34.3 Å². The normalized spacial score (nSPS) is 10.1. The quantitative estimate of drug-likeness (QED) is 0.771. The average molecular weight is 228 g/mol. The van der Waals surface area contributed by atoms with Crippen LogP contribution >= 0.6 is 11.6 Å². The fourth-order valence-corrected chi connectivity index (χ4v) is 1.48. The van der Waals surface area contributed by atoms with Gasteiger partial charge in [0.2, 0.25) is 0 Å². The topological polar surface area (TPSA) is 49.3 Å². The van der Waals surface area contributed by atoms with E-state index in [0.717, 1.165) is 5.56 Å². The Hall–Kier alpha value is -1.06. The molecular formula is C11H14ClNO2. The highest BCUT2D eigenvalue weighted by atomic mass is 35.5. The van der Waals surface area contributed by atoms with Crippen molar-refractivity contribution in [2.45, 2.75) is 13.3 Å². The third kappa shape index (κ3) is 3.53. The number of aliphatic hydroxyl groups is 1. The number of hydrogen-bond acceptors (Lipinski definition) is 2. The second kappa shape index (κ2) is 5.73. The summed E-state index contributed by atoms with van der Waals surface area (Å²) < 4.78 is 0. The van der Waals surface area contributed by atoms with Crippen LogP contribution in [0.25, 0.3) is 0 Å². The molecule has 0 heterocycles. The number of nitrogens with one attached hydrogen (secondary N) is 1. The predicted molar refractivity (Wildman–Crippen MR) is 60.2 cm³/mol. The molecule has 1 rings (SSSR count). The van der Waals surface area contributed by atoms with Gasteiger partial charge in [0.05, 0.1) is 0 Å². The van der Waals surface area contributed by atoms with Gasteiger partial charge in [-0.05, 0) is 37.1 Å². The Labute approximate surface area is 94.1 Å². The van der Waals surface area contributed by atoms with E-state index in [2.05, 4.69) is 5.32 Å². The first-order valence-electron chi connectivity index (χ1n) is 4.80. The molecule has 0 saturated heterocycles. The zero-order chi connectivity index (χ0) is 11.3. The van der Waals surface area contributed by atoms with Crippen LogP contribution in [0.1, 0.15) is 22.3 Å². The number of amides is 1. The van der Waals surface area contributed by atoms with Crippen LogP contribution < -0.4 is 5.32 Å². The first-order valence-corrected chi connectivity index (χ1v) is 5.18. The van der Waals surface area contributed by atoms with Crippen molar-refractivity contribution >= 4 is 17.5 Å². The van der Waals surface area contributed by atoms with Crippen LogP contribution in [0, 0.1) is 6.92 Å². The van der Waals surface area contributed by atoms with E-state index in [1.54, 1.807) is 18.2 Å². The molecule has 0 unspecified atom stereocenters. The van der Waals surface area contributed by atoms with Crippen LogP contribution in [-0.2, 0) is 0 Å². The van der Waals surface area contributed by atoms with Crippen LogP contribution in [0.2, 0.25) is 5.02 Å². The third-order valence-electron chi connectivity index (χ3n) is 2.05. The predicted octanol–water partition coefficient (Wildman–Crippen LogP) is 1.76. The standard InChI is InChI=1S/C11H14ClNO2/c1-8-7-9(12)3-4-10(8)11(15)13-5-2-6-14/h3-4,7,14H,2,5-6H2,1H3,(H,13,15). The maximum atomic E-state index is 11.6. The Morgan fingerprint density at radius 3 is 2.87 bits per heavy atom. The molecule has 15 heavy (non-hydrogen) atoms. The van der Waals surface area contributed by atoms with Crippen molar-refractivity contribution in [3.8, 4) is 0 Å². The minimum Gasteiger partial charge on any atom is -0.396 e. The van der Waals surface area contributed by atoms with Gasteiger partial charge in [-0.1, -0.05) is 11.6 Å². The lowest BCUT2D eigenvalue weighted by Crippen LogP contribution is -2.25. The summed E-state index contributed by atoms with van der Waals surface area (Å²) in [5.74, 6) is -0.127. The lowest BCUT2D eigenvalue weighted by atomic mass is 10.1. The summed E-state index contributed by atoms with van der Waals surface area (Å²) in [5.41, 5.74) is 1.47. The Kier molecular flexibility index (Phi) is 4.59. The zero-order valence-electron chi connectivity index (χ0n) is 8.59. The second-order valence-electron chi connectivity index (χ2n) is 3.29. The number of aliphatic hydroxyl groups excluding tert-OH is 1. The molecule has 0 radical (unpaired) electrons. The molecule has 0 spiro atoms. The molecule has 82 valence electrons. The smallest absolute Gasteiger partial charge is 0.251 e. The van der Waals surface area contributed by atoms with Gasteiger partial charge in [-0.15, -0.1) is 0 Å². The Morgan fingerprint density at radius 2 is 2.27 bits per heavy atom. The summed E-state index contributed by atoms with van der Waals surface area (Å²) in [5, 5.41) is 11.9. The molecule has 0 aliphatic heterocycles. The van der Waals surface area contributed by atoms with Gasteiger partial charge in [0.1, 0.15) is 0 Å². The van der Waals surface area contributed by atoms with E-state index in [-0.39, 0.29) is 12.5 Å². The van der Waals surface area contributed by atoms with E-state index in [0.29, 0.717) is 23.6 Å². The lowest BCUT2D eigenvalue weighted by Gasteiger charge is -2.07. The molecule has 0 atom stereocenters. The van der Waals surface area contributed by atoms with Gasteiger partial charge < -0.3 is 10.4 Å². The van der Waals surface area contributed by atoms with E-state index >= 15 is 0 Å². The molecule has 0 saturated carbocycles. The van der Waals surface area contributed by atoms with E-state index < -0.39 is 0 Å². The van der Waals surface area contributed by atoms with E-state index in [4.69, 9.17) is 16.7 Å². The number of halogens is 1. The molecule has 2 N–H and O–H groups in total. The highest BCUT2D eigenvalue weighted by Gasteiger charge is 2.07. The van der Waals surface area contributed by atoms with Crippen LogP contribution in [-0.4, -0.2) is 24.2 Å². The van der Waals surface area contributed by atoms with Gasteiger partial charge in [0.25, 0.3) is 5.91 Å². The molecule has 0 fully saturated rings. The molecule has 0 aliphatic carbocycles. The molecule has 1 amide bonds. The summed E-state index contributed by atoms with van der Waals surface area (Å²) in [6.07, 6.45) is 0.568. The average Bonchev–Trinajstić information content (AvgIpc) is 2.17. The first-order chi connectivity index (χ1) is 7.15. The molecular weight excluding hydrogens is 214 g/mol. The Bertz CT molecular complexity index is 352. The summed E-state index contributed by atoms with van der Waals surface area (Å²) in [6, 6.07) is 5.14. The lowest BCUT2D eigenvalue weighted by molar-refractivity contribution is 0.0950. The van der Waals surface area contributed by atoms with Crippen molar-refractivity contribution in [1.29, 1.82) is 0 Å². The summed E-state index contributed by atoms with van der Waals surface area (Å²) >= 11 is 5.78. The highest BCUT2D eigenvalue weighted by molar-refractivity contribution is 6.30. The summed E-state index contributed by atoms with van der Waals surface area (Å²) in [6.45, 7) is 2.41. The van der Waals surface area contributed by atoms with Gasteiger partial charge in [-0.3, -0.25) is 4.79 Å². The van der Waals surface area contributed by atoms with Crippen LogP contribution in [0.15, 0.2) is 18.2 Å². The number of carbonyl (C=O) groups is 1. The number of carbonyl (C=O) groups excluding carboxylic acids is 1. The fourth-order valence-electron chi connectivity index (χ4n) is 1.26. The SMILES string of the molecule is Cc1cc(Cl)ccc1C(=O)NCCCO. The molecule has 1 aromatic rings. The first kappa shape index (κ1) is 12.0. The van der Waals surface area contributed by atoms with Crippen molar-refractivity contribution in [2.24, 2.45) is 0 Å². The van der Waals surface area contributed by atoms with E-state index in [1.165, 1.54) is 0 Å². The maximum Gasteiger partial charge on any atom is 0.251 e. The van der Waals surface area contributed by atoms with E-state index in [1.807, 2.05) is 6.92 Å².